The van der Waals surface area contributed by atoms with Gasteiger partial charge in [-0.1, -0.05) is 27.2 Å². The molecule has 0 aromatic rings. The number of rotatable bonds is 10. The summed E-state index contributed by atoms with van der Waals surface area (Å²) in [7, 11) is 0. The van der Waals surface area contributed by atoms with Crippen LogP contribution in [0.2, 0.25) is 0 Å². The van der Waals surface area contributed by atoms with E-state index in [1.165, 1.54) is 0 Å². The van der Waals surface area contributed by atoms with Crippen LogP contribution in [-0.2, 0) is 9.53 Å². The van der Waals surface area contributed by atoms with Crippen LogP contribution in [0.4, 0.5) is 0 Å². The molecule has 0 radical (unpaired) electrons. The van der Waals surface area contributed by atoms with Crippen LogP contribution in [0.15, 0.2) is 0 Å². The monoisotopic (exact) mass is 246 g/mol. The quantitative estimate of drug-likeness (QED) is 0.580. The van der Waals surface area contributed by atoms with Gasteiger partial charge in [-0.3, -0.25) is 4.79 Å². The third-order valence-electron chi connectivity index (χ3n) is 2.89. The fourth-order valence-electron chi connectivity index (χ4n) is 1.66. The molecule has 0 fully saturated rings. The van der Waals surface area contributed by atoms with E-state index in [2.05, 4.69) is 6.92 Å². The average Bonchev–Trinajstić information content (AvgIpc) is 2.23. The highest BCUT2D eigenvalue weighted by molar-refractivity contribution is 5.70. The predicted molar refractivity (Wildman–Crippen MR) is 66.9 cm³/mol. The number of carboxylic acid groups (broad SMARTS) is 1. The number of hydrogen-bond donors (Lipinski definition) is 2. The zero-order valence-electron chi connectivity index (χ0n) is 11.2. The van der Waals surface area contributed by atoms with E-state index < -0.39 is 12.1 Å². The summed E-state index contributed by atoms with van der Waals surface area (Å²) < 4.78 is 5.29. The van der Waals surface area contributed by atoms with E-state index in [9.17, 15) is 9.90 Å². The van der Waals surface area contributed by atoms with Gasteiger partial charge < -0.3 is 14.9 Å². The van der Waals surface area contributed by atoms with E-state index in [-0.39, 0.29) is 11.8 Å². The number of carbonyl (C=O) groups is 1. The lowest BCUT2D eigenvalue weighted by Gasteiger charge is -2.18. The van der Waals surface area contributed by atoms with Crippen molar-refractivity contribution in [2.45, 2.75) is 52.6 Å². The van der Waals surface area contributed by atoms with Crippen LogP contribution in [0, 0.1) is 11.8 Å². The van der Waals surface area contributed by atoms with Gasteiger partial charge in [0.2, 0.25) is 0 Å². The lowest BCUT2D eigenvalue weighted by atomic mass is 9.90. The largest absolute Gasteiger partial charge is 0.481 e. The number of unbranched alkanes of at least 4 members (excludes halogenated alkanes) is 1. The highest BCUT2D eigenvalue weighted by Crippen LogP contribution is 2.18. The molecule has 4 nitrogen and oxygen atoms in total. The Morgan fingerprint density at radius 1 is 1.29 bits per heavy atom. The van der Waals surface area contributed by atoms with Crippen molar-refractivity contribution in [3.63, 3.8) is 0 Å². The maximum absolute atomic E-state index is 10.9. The van der Waals surface area contributed by atoms with Crippen LogP contribution < -0.4 is 0 Å². The number of ether oxygens (including phenoxy) is 1. The summed E-state index contributed by atoms with van der Waals surface area (Å²) in [4.78, 5) is 10.9. The first kappa shape index (κ1) is 16.4. The Labute approximate surface area is 104 Å². The van der Waals surface area contributed by atoms with Gasteiger partial charge in [-0.15, -0.1) is 0 Å². The summed E-state index contributed by atoms with van der Waals surface area (Å²) >= 11 is 0. The number of aliphatic hydroxyl groups is 1. The Balaban J connectivity index is 3.73. The second kappa shape index (κ2) is 9.42. The van der Waals surface area contributed by atoms with Crippen molar-refractivity contribution in [3.05, 3.63) is 0 Å². The van der Waals surface area contributed by atoms with Gasteiger partial charge in [0.15, 0.2) is 0 Å². The Morgan fingerprint density at radius 2 is 1.94 bits per heavy atom. The molecule has 0 heterocycles. The summed E-state index contributed by atoms with van der Waals surface area (Å²) in [6, 6.07) is 0. The average molecular weight is 246 g/mol. The minimum absolute atomic E-state index is 0.0979. The molecule has 0 aliphatic carbocycles. The van der Waals surface area contributed by atoms with Crippen LogP contribution in [0.25, 0.3) is 0 Å². The highest BCUT2D eigenvalue weighted by Gasteiger charge is 2.22. The van der Waals surface area contributed by atoms with Crippen LogP contribution in [-0.4, -0.2) is 35.5 Å². The molecule has 0 rings (SSSR count). The Morgan fingerprint density at radius 3 is 2.41 bits per heavy atom. The van der Waals surface area contributed by atoms with Gasteiger partial charge in [-0.2, -0.15) is 0 Å². The third-order valence-corrected chi connectivity index (χ3v) is 2.89. The van der Waals surface area contributed by atoms with Gasteiger partial charge in [0, 0.05) is 6.61 Å². The maximum Gasteiger partial charge on any atom is 0.306 e. The standard InChI is InChI=1S/C13H26O4/c1-4-5-8-17-9-11(14)6-7-12(10(2)3)13(15)16/h10-12,14H,4-9H2,1-3H3,(H,15,16)/t11-,12+/m1/s1. The molecule has 0 saturated carbocycles. The molecular weight excluding hydrogens is 220 g/mol. The van der Waals surface area contributed by atoms with Gasteiger partial charge in [0.25, 0.3) is 0 Å². The van der Waals surface area contributed by atoms with E-state index in [0.717, 1.165) is 12.8 Å². The molecule has 17 heavy (non-hydrogen) atoms. The van der Waals surface area contributed by atoms with E-state index in [0.29, 0.717) is 26.1 Å². The molecule has 0 aromatic carbocycles. The molecule has 0 bridgehead atoms. The Hall–Kier alpha value is -0.610. The Kier molecular flexibility index (Phi) is 9.09. The summed E-state index contributed by atoms with van der Waals surface area (Å²) in [5, 5.41) is 18.6. The molecule has 2 N–H and O–H groups in total. The molecular formula is C13H26O4. The maximum atomic E-state index is 10.9. The van der Waals surface area contributed by atoms with Crippen LogP contribution >= 0.6 is 0 Å². The van der Waals surface area contributed by atoms with E-state index in [1.807, 2.05) is 13.8 Å². The van der Waals surface area contributed by atoms with Crippen LogP contribution in [0.5, 0.6) is 0 Å². The second-order valence-corrected chi connectivity index (χ2v) is 4.85. The minimum atomic E-state index is -0.779. The minimum Gasteiger partial charge on any atom is -0.481 e. The first-order valence-corrected chi connectivity index (χ1v) is 6.47. The molecule has 0 unspecified atom stereocenters. The van der Waals surface area contributed by atoms with Crippen molar-refractivity contribution in [1.29, 1.82) is 0 Å². The van der Waals surface area contributed by atoms with E-state index in [4.69, 9.17) is 9.84 Å². The first-order valence-electron chi connectivity index (χ1n) is 6.47. The number of carboxylic acids is 1. The lowest BCUT2D eigenvalue weighted by Crippen LogP contribution is -2.23. The smallest absolute Gasteiger partial charge is 0.306 e. The summed E-state index contributed by atoms with van der Waals surface area (Å²) in [5.74, 6) is -1.06. The summed E-state index contributed by atoms with van der Waals surface area (Å²) in [5.41, 5.74) is 0. The number of aliphatic carboxylic acids is 1. The third kappa shape index (κ3) is 8.16. The Bertz CT molecular complexity index is 204. The van der Waals surface area contributed by atoms with Crippen molar-refractivity contribution in [1.82, 2.24) is 0 Å². The molecule has 0 aliphatic rings. The van der Waals surface area contributed by atoms with Gasteiger partial charge in [-0.25, -0.2) is 0 Å². The van der Waals surface area contributed by atoms with Gasteiger partial charge in [0.1, 0.15) is 0 Å². The fraction of sp³-hybridized carbons (Fsp3) is 0.923. The zero-order chi connectivity index (χ0) is 13.3. The van der Waals surface area contributed by atoms with Crippen LogP contribution in [0.3, 0.4) is 0 Å². The van der Waals surface area contributed by atoms with E-state index >= 15 is 0 Å². The number of hydrogen-bond acceptors (Lipinski definition) is 3. The molecule has 2 atom stereocenters. The zero-order valence-corrected chi connectivity index (χ0v) is 11.2. The highest BCUT2D eigenvalue weighted by atomic mass is 16.5. The molecule has 0 amide bonds. The molecule has 4 heteroatoms. The first-order chi connectivity index (χ1) is 7.99. The SMILES string of the molecule is CCCCOC[C@H](O)CC[C@H](C(=O)O)C(C)C. The normalized spacial score (nSPS) is 14.9. The second-order valence-electron chi connectivity index (χ2n) is 4.85. The predicted octanol–water partition coefficient (Wildman–Crippen LogP) is 2.30. The molecule has 0 aromatic heterocycles. The van der Waals surface area contributed by atoms with Gasteiger partial charge in [-0.05, 0) is 25.2 Å². The molecule has 0 aliphatic heterocycles. The fourth-order valence-corrected chi connectivity index (χ4v) is 1.66. The van der Waals surface area contributed by atoms with Crippen molar-refractivity contribution in [2.75, 3.05) is 13.2 Å². The summed E-state index contributed by atoms with van der Waals surface area (Å²) in [6.45, 7) is 6.84. The van der Waals surface area contributed by atoms with Crippen LogP contribution in [0.1, 0.15) is 46.5 Å². The van der Waals surface area contributed by atoms with Crippen molar-refractivity contribution in [3.8, 4) is 0 Å². The van der Waals surface area contributed by atoms with Gasteiger partial charge in [0.05, 0.1) is 18.6 Å². The molecule has 102 valence electrons. The lowest BCUT2D eigenvalue weighted by molar-refractivity contribution is -0.143. The summed E-state index contributed by atoms with van der Waals surface area (Å²) in [6.07, 6.45) is 2.51. The molecule has 0 spiro atoms. The van der Waals surface area contributed by atoms with Gasteiger partial charge >= 0.3 is 5.97 Å². The number of aliphatic hydroxyl groups excluding tert-OH is 1. The van der Waals surface area contributed by atoms with Crippen molar-refractivity contribution >= 4 is 5.97 Å². The van der Waals surface area contributed by atoms with E-state index in [1.54, 1.807) is 0 Å². The van der Waals surface area contributed by atoms with Crippen molar-refractivity contribution < 1.29 is 19.7 Å². The van der Waals surface area contributed by atoms with Crippen molar-refractivity contribution in [2.24, 2.45) is 11.8 Å². The molecule has 0 saturated heterocycles. The topological polar surface area (TPSA) is 66.8 Å².